The van der Waals surface area contributed by atoms with Gasteiger partial charge in [0.05, 0.1) is 0 Å². The summed E-state index contributed by atoms with van der Waals surface area (Å²) in [5.74, 6) is 0.630. The summed E-state index contributed by atoms with van der Waals surface area (Å²) >= 11 is 0. The predicted octanol–water partition coefficient (Wildman–Crippen LogP) is 2.17. The highest BCUT2D eigenvalue weighted by atomic mass is 16.1. The molecule has 0 radical (unpaired) electrons. The Bertz CT molecular complexity index is 587. The third kappa shape index (κ3) is 2.30. The first kappa shape index (κ1) is 11.6. The number of aromatic nitrogens is 3. The molecule has 0 spiro atoms. The van der Waals surface area contributed by atoms with Gasteiger partial charge in [0, 0.05) is 23.4 Å². The Balaban J connectivity index is 2.54. The number of nitrogens with one attached hydrogen (secondary N) is 1. The van der Waals surface area contributed by atoms with Crippen LogP contribution in [-0.4, -0.2) is 14.8 Å². The summed E-state index contributed by atoms with van der Waals surface area (Å²) in [6.45, 7) is 8.16. The van der Waals surface area contributed by atoms with E-state index in [4.69, 9.17) is 0 Å². The molecule has 0 fully saturated rings. The maximum atomic E-state index is 11.9. The maximum absolute atomic E-state index is 11.9. The molecular formula is C13H17N3O. The van der Waals surface area contributed by atoms with Crippen molar-refractivity contribution < 1.29 is 0 Å². The number of aryl methyl sites for hydroxylation is 1. The van der Waals surface area contributed by atoms with Crippen LogP contribution in [0.2, 0.25) is 0 Å². The molecule has 0 saturated carbocycles. The fourth-order valence-corrected chi connectivity index (χ4v) is 1.59. The molecule has 4 heteroatoms. The van der Waals surface area contributed by atoms with Crippen LogP contribution >= 0.6 is 0 Å². The summed E-state index contributed by atoms with van der Waals surface area (Å²) in [6, 6.07) is 5.41. The molecule has 0 aromatic carbocycles. The molecule has 0 aliphatic rings. The summed E-state index contributed by atoms with van der Waals surface area (Å²) in [7, 11) is 0. The molecule has 2 rings (SSSR count). The summed E-state index contributed by atoms with van der Waals surface area (Å²) in [5, 5.41) is 3.11. The molecule has 0 aliphatic heterocycles. The van der Waals surface area contributed by atoms with Gasteiger partial charge in [0.25, 0.3) is 5.56 Å². The summed E-state index contributed by atoms with van der Waals surface area (Å²) in [5.41, 5.74) is 1.83. The molecule has 90 valence electrons. The zero-order chi connectivity index (χ0) is 12.6. The van der Waals surface area contributed by atoms with E-state index in [0.717, 1.165) is 11.3 Å². The number of nitrogens with zero attached hydrogens (tertiary/aromatic N) is 2. The van der Waals surface area contributed by atoms with Crippen molar-refractivity contribution in [2.45, 2.75) is 33.1 Å². The molecule has 0 aliphatic carbocycles. The lowest BCUT2D eigenvalue weighted by Crippen LogP contribution is -2.15. The first-order valence-corrected chi connectivity index (χ1v) is 5.63. The van der Waals surface area contributed by atoms with Gasteiger partial charge < -0.3 is 0 Å². The second-order valence-corrected chi connectivity index (χ2v) is 5.28. The van der Waals surface area contributed by atoms with Crippen LogP contribution in [0.25, 0.3) is 5.82 Å². The molecule has 2 heterocycles. The van der Waals surface area contributed by atoms with E-state index < -0.39 is 0 Å². The summed E-state index contributed by atoms with van der Waals surface area (Å²) < 4.78 is 1.48. The van der Waals surface area contributed by atoms with Crippen molar-refractivity contribution in [2.24, 2.45) is 0 Å². The molecule has 2 aromatic heterocycles. The highest BCUT2D eigenvalue weighted by molar-refractivity contribution is 5.27. The molecule has 0 bridgehead atoms. The third-order valence-electron chi connectivity index (χ3n) is 2.66. The van der Waals surface area contributed by atoms with Crippen LogP contribution in [-0.2, 0) is 5.41 Å². The number of H-pyrrole nitrogens is 1. The van der Waals surface area contributed by atoms with E-state index in [1.54, 1.807) is 12.3 Å². The minimum absolute atomic E-state index is 0.0752. The predicted molar refractivity (Wildman–Crippen MR) is 67.6 cm³/mol. The molecule has 1 N–H and O–H groups in total. The molecule has 4 nitrogen and oxygen atoms in total. The van der Waals surface area contributed by atoms with Crippen molar-refractivity contribution in [1.29, 1.82) is 0 Å². The molecule has 17 heavy (non-hydrogen) atoms. The van der Waals surface area contributed by atoms with Gasteiger partial charge in [-0.1, -0.05) is 20.8 Å². The van der Waals surface area contributed by atoms with Crippen molar-refractivity contribution in [3.05, 3.63) is 46.0 Å². The second-order valence-electron chi connectivity index (χ2n) is 5.28. The quantitative estimate of drug-likeness (QED) is 0.817. The second kappa shape index (κ2) is 3.87. The van der Waals surface area contributed by atoms with E-state index in [9.17, 15) is 4.79 Å². The van der Waals surface area contributed by atoms with E-state index >= 15 is 0 Å². The van der Waals surface area contributed by atoms with Crippen LogP contribution in [0.1, 0.15) is 32.0 Å². The van der Waals surface area contributed by atoms with Gasteiger partial charge in [-0.3, -0.25) is 9.89 Å². The first-order chi connectivity index (χ1) is 7.88. The molecular weight excluding hydrogens is 214 g/mol. The van der Waals surface area contributed by atoms with Crippen molar-refractivity contribution in [3.63, 3.8) is 0 Å². The Labute approximate surface area is 100 Å². The van der Waals surface area contributed by atoms with Gasteiger partial charge in [-0.2, -0.15) is 0 Å². The lowest BCUT2D eigenvalue weighted by Gasteiger charge is -2.15. The van der Waals surface area contributed by atoms with Crippen molar-refractivity contribution in [1.82, 2.24) is 14.8 Å². The fourth-order valence-electron chi connectivity index (χ4n) is 1.59. The van der Waals surface area contributed by atoms with Gasteiger partial charge >= 0.3 is 0 Å². The van der Waals surface area contributed by atoms with Crippen LogP contribution in [0.3, 0.4) is 0 Å². The molecule has 0 saturated heterocycles. The average Bonchev–Trinajstić information content (AvgIpc) is 2.60. The normalized spacial score (nSPS) is 11.8. The van der Waals surface area contributed by atoms with Crippen molar-refractivity contribution in [2.75, 3.05) is 0 Å². The van der Waals surface area contributed by atoms with Crippen molar-refractivity contribution >= 4 is 0 Å². The van der Waals surface area contributed by atoms with E-state index in [2.05, 4.69) is 30.9 Å². The van der Waals surface area contributed by atoms with Gasteiger partial charge in [0.1, 0.15) is 0 Å². The Morgan fingerprint density at radius 3 is 2.53 bits per heavy atom. The van der Waals surface area contributed by atoms with Gasteiger partial charge in [0.15, 0.2) is 5.82 Å². The lowest BCUT2D eigenvalue weighted by atomic mass is 9.93. The SMILES string of the molecule is Cc1ccnc(-n2[nH]c(C(C)(C)C)cc2=O)c1. The van der Waals surface area contributed by atoms with Crippen LogP contribution in [0.15, 0.2) is 29.2 Å². The minimum Gasteiger partial charge on any atom is -0.293 e. The Hall–Kier alpha value is -1.84. The summed E-state index contributed by atoms with van der Waals surface area (Å²) in [6.07, 6.45) is 1.70. The number of rotatable bonds is 1. The smallest absolute Gasteiger partial charge is 0.272 e. The van der Waals surface area contributed by atoms with E-state index in [-0.39, 0.29) is 11.0 Å². The van der Waals surface area contributed by atoms with Crippen LogP contribution in [0.4, 0.5) is 0 Å². The molecule has 2 aromatic rings. The van der Waals surface area contributed by atoms with Crippen LogP contribution in [0.5, 0.6) is 0 Å². The highest BCUT2D eigenvalue weighted by Crippen LogP contribution is 2.18. The average molecular weight is 231 g/mol. The monoisotopic (exact) mass is 231 g/mol. The molecule has 0 amide bonds. The largest absolute Gasteiger partial charge is 0.293 e. The van der Waals surface area contributed by atoms with Gasteiger partial charge in [-0.15, -0.1) is 0 Å². The number of pyridine rings is 1. The summed E-state index contributed by atoms with van der Waals surface area (Å²) in [4.78, 5) is 16.1. The fraction of sp³-hybridized carbons (Fsp3) is 0.385. The number of hydrogen-bond donors (Lipinski definition) is 1. The van der Waals surface area contributed by atoms with Gasteiger partial charge in [0.2, 0.25) is 0 Å². The van der Waals surface area contributed by atoms with Gasteiger partial charge in [-0.25, -0.2) is 9.67 Å². The van der Waals surface area contributed by atoms with Crippen LogP contribution < -0.4 is 5.56 Å². The Kier molecular flexibility index (Phi) is 2.65. The number of hydrogen-bond acceptors (Lipinski definition) is 2. The zero-order valence-corrected chi connectivity index (χ0v) is 10.6. The van der Waals surface area contributed by atoms with Crippen LogP contribution in [0, 0.1) is 6.92 Å². The number of aromatic amines is 1. The Morgan fingerprint density at radius 2 is 2.00 bits per heavy atom. The van der Waals surface area contributed by atoms with Crippen molar-refractivity contribution in [3.8, 4) is 5.82 Å². The molecule has 0 unspecified atom stereocenters. The maximum Gasteiger partial charge on any atom is 0.272 e. The first-order valence-electron chi connectivity index (χ1n) is 5.63. The zero-order valence-electron chi connectivity index (χ0n) is 10.6. The third-order valence-corrected chi connectivity index (χ3v) is 2.66. The van der Waals surface area contributed by atoms with E-state index in [0.29, 0.717) is 5.82 Å². The Morgan fingerprint density at radius 1 is 1.29 bits per heavy atom. The van der Waals surface area contributed by atoms with E-state index in [1.807, 2.05) is 19.1 Å². The minimum atomic E-state index is -0.0759. The lowest BCUT2D eigenvalue weighted by molar-refractivity contribution is 0.559. The highest BCUT2D eigenvalue weighted by Gasteiger charge is 2.18. The molecule has 0 atom stereocenters. The van der Waals surface area contributed by atoms with E-state index in [1.165, 1.54) is 4.68 Å². The standard InChI is InChI=1S/C13H17N3O/c1-9-5-6-14-11(7-9)16-12(17)8-10(15-16)13(2,3)4/h5-8,15H,1-4H3. The van der Waals surface area contributed by atoms with Gasteiger partial charge in [-0.05, 0) is 24.6 Å². The topological polar surface area (TPSA) is 50.7 Å².